The Morgan fingerprint density at radius 2 is 2.20 bits per heavy atom. The van der Waals surface area contributed by atoms with Crippen molar-refractivity contribution in [3.8, 4) is 0 Å². The second-order valence-corrected chi connectivity index (χ2v) is 3.72. The van der Waals surface area contributed by atoms with Crippen LogP contribution in [0.15, 0.2) is 24.9 Å². The van der Waals surface area contributed by atoms with Gasteiger partial charge in [0.1, 0.15) is 0 Å². The Morgan fingerprint density at radius 1 is 1.40 bits per heavy atom. The van der Waals surface area contributed by atoms with Gasteiger partial charge in [-0.25, -0.2) is 4.98 Å². The van der Waals surface area contributed by atoms with Crippen molar-refractivity contribution in [1.29, 1.82) is 0 Å². The highest BCUT2D eigenvalue weighted by atomic mass is 15.1. The molecule has 0 saturated carbocycles. The number of hydrogen-bond acceptors (Lipinski definition) is 3. The minimum Gasteiger partial charge on any atom is -0.326 e. The normalized spacial score (nSPS) is 15.1. The number of rotatable bonds is 3. The number of nitrogens with one attached hydrogen (secondary N) is 1. The lowest BCUT2D eigenvalue weighted by Gasteiger charge is -2.16. The highest BCUT2D eigenvalue weighted by Gasteiger charge is 2.14. The number of imidazole rings is 1. The van der Waals surface area contributed by atoms with Crippen LogP contribution in [0.5, 0.6) is 0 Å². The number of nitrogens with zero attached hydrogens (tertiary/aromatic N) is 3. The van der Waals surface area contributed by atoms with Gasteiger partial charge in [0.2, 0.25) is 0 Å². The van der Waals surface area contributed by atoms with Crippen molar-refractivity contribution in [3.63, 3.8) is 0 Å². The van der Waals surface area contributed by atoms with Crippen molar-refractivity contribution >= 4 is 0 Å². The lowest BCUT2D eigenvalue weighted by molar-refractivity contribution is 0.582. The lowest BCUT2D eigenvalue weighted by Crippen LogP contribution is -2.15. The first kappa shape index (κ1) is 9.92. The van der Waals surface area contributed by atoms with Gasteiger partial charge in [-0.2, -0.15) is 5.10 Å². The molecule has 2 atom stereocenters. The van der Waals surface area contributed by atoms with Crippen molar-refractivity contribution in [2.24, 2.45) is 5.73 Å². The van der Waals surface area contributed by atoms with E-state index >= 15 is 0 Å². The SMILES string of the molecule is CC(N)c1cncn1C(C)c1cn[nH]c1. The summed E-state index contributed by atoms with van der Waals surface area (Å²) < 4.78 is 2.06. The van der Waals surface area contributed by atoms with Gasteiger partial charge in [0, 0.05) is 24.0 Å². The molecule has 2 rings (SSSR count). The van der Waals surface area contributed by atoms with E-state index in [9.17, 15) is 0 Å². The van der Waals surface area contributed by atoms with Crippen LogP contribution in [0.1, 0.15) is 37.2 Å². The molecule has 0 aliphatic carbocycles. The molecular formula is C10H15N5. The number of aromatic amines is 1. The molecule has 0 spiro atoms. The number of hydrogen-bond donors (Lipinski definition) is 2. The van der Waals surface area contributed by atoms with Gasteiger partial charge < -0.3 is 10.3 Å². The Kier molecular flexibility index (Phi) is 2.55. The van der Waals surface area contributed by atoms with Crippen molar-refractivity contribution < 1.29 is 0 Å². The molecule has 0 fully saturated rings. The van der Waals surface area contributed by atoms with Crippen LogP contribution in [0.3, 0.4) is 0 Å². The number of aromatic nitrogens is 4. The third-order valence-corrected chi connectivity index (χ3v) is 2.58. The minimum absolute atomic E-state index is 0.0122. The van der Waals surface area contributed by atoms with Crippen molar-refractivity contribution in [2.75, 3.05) is 0 Å². The molecule has 2 aromatic heterocycles. The van der Waals surface area contributed by atoms with Gasteiger partial charge in [-0.1, -0.05) is 0 Å². The Bertz CT molecular complexity index is 415. The maximum Gasteiger partial charge on any atom is 0.0954 e. The molecule has 2 unspecified atom stereocenters. The fourth-order valence-electron chi connectivity index (χ4n) is 1.64. The zero-order chi connectivity index (χ0) is 10.8. The fraction of sp³-hybridized carbons (Fsp3) is 0.400. The molecule has 2 heterocycles. The molecular weight excluding hydrogens is 190 g/mol. The summed E-state index contributed by atoms with van der Waals surface area (Å²) in [6, 6.07) is 0.189. The molecule has 0 aliphatic heterocycles. The minimum atomic E-state index is -0.0122. The fourth-order valence-corrected chi connectivity index (χ4v) is 1.64. The summed E-state index contributed by atoms with van der Waals surface area (Å²) in [6.07, 6.45) is 7.31. The lowest BCUT2D eigenvalue weighted by atomic mass is 10.1. The molecule has 5 heteroatoms. The molecule has 3 N–H and O–H groups in total. The van der Waals surface area contributed by atoms with E-state index in [0.29, 0.717) is 0 Å². The maximum absolute atomic E-state index is 5.87. The second-order valence-electron chi connectivity index (χ2n) is 3.72. The average Bonchev–Trinajstić information content (AvgIpc) is 2.88. The molecule has 15 heavy (non-hydrogen) atoms. The smallest absolute Gasteiger partial charge is 0.0954 e. The van der Waals surface area contributed by atoms with Gasteiger partial charge in [-0.15, -0.1) is 0 Å². The summed E-state index contributed by atoms with van der Waals surface area (Å²) in [6.45, 7) is 4.05. The predicted octanol–water partition coefficient (Wildman–Crippen LogP) is 1.24. The zero-order valence-electron chi connectivity index (χ0n) is 8.88. The van der Waals surface area contributed by atoms with Crippen LogP contribution >= 0.6 is 0 Å². The van der Waals surface area contributed by atoms with Gasteiger partial charge in [0.25, 0.3) is 0 Å². The first-order valence-electron chi connectivity index (χ1n) is 4.96. The summed E-state index contributed by atoms with van der Waals surface area (Å²) in [5.74, 6) is 0. The molecule has 0 aromatic carbocycles. The maximum atomic E-state index is 5.87. The largest absolute Gasteiger partial charge is 0.326 e. The van der Waals surface area contributed by atoms with Crippen LogP contribution in [0.2, 0.25) is 0 Å². The van der Waals surface area contributed by atoms with E-state index in [1.54, 1.807) is 12.5 Å². The van der Waals surface area contributed by atoms with E-state index in [1.165, 1.54) is 0 Å². The molecule has 0 saturated heterocycles. The molecule has 0 aliphatic rings. The topological polar surface area (TPSA) is 72.5 Å². The van der Waals surface area contributed by atoms with Crippen LogP contribution in [-0.4, -0.2) is 19.7 Å². The molecule has 0 amide bonds. The highest BCUT2D eigenvalue weighted by molar-refractivity contribution is 5.14. The van der Waals surface area contributed by atoms with Crippen LogP contribution in [-0.2, 0) is 0 Å². The molecule has 2 aromatic rings. The van der Waals surface area contributed by atoms with E-state index < -0.39 is 0 Å². The Morgan fingerprint density at radius 3 is 2.80 bits per heavy atom. The molecule has 0 bridgehead atoms. The van der Waals surface area contributed by atoms with Crippen LogP contribution in [0.25, 0.3) is 0 Å². The van der Waals surface area contributed by atoms with E-state index in [2.05, 4.69) is 26.7 Å². The van der Waals surface area contributed by atoms with Crippen LogP contribution in [0.4, 0.5) is 0 Å². The van der Waals surface area contributed by atoms with Gasteiger partial charge >= 0.3 is 0 Å². The van der Waals surface area contributed by atoms with Gasteiger partial charge in [-0.3, -0.25) is 5.10 Å². The number of nitrogens with two attached hydrogens (primary N) is 1. The Hall–Kier alpha value is -1.62. The predicted molar refractivity (Wildman–Crippen MR) is 57.2 cm³/mol. The van der Waals surface area contributed by atoms with Gasteiger partial charge in [0.05, 0.1) is 24.3 Å². The monoisotopic (exact) mass is 205 g/mol. The summed E-state index contributed by atoms with van der Waals surface area (Å²) in [5, 5.41) is 6.74. The van der Waals surface area contributed by atoms with E-state index in [4.69, 9.17) is 5.73 Å². The van der Waals surface area contributed by atoms with Crippen LogP contribution < -0.4 is 5.73 Å². The van der Waals surface area contributed by atoms with E-state index in [1.807, 2.05) is 19.3 Å². The van der Waals surface area contributed by atoms with E-state index in [0.717, 1.165) is 11.3 Å². The quantitative estimate of drug-likeness (QED) is 0.791. The Balaban J connectivity index is 2.33. The zero-order valence-corrected chi connectivity index (χ0v) is 8.88. The van der Waals surface area contributed by atoms with Crippen molar-refractivity contribution in [2.45, 2.75) is 25.9 Å². The Labute approximate surface area is 88.3 Å². The molecule has 0 radical (unpaired) electrons. The molecule has 5 nitrogen and oxygen atoms in total. The first-order valence-corrected chi connectivity index (χ1v) is 4.96. The average molecular weight is 205 g/mol. The molecule has 80 valence electrons. The van der Waals surface area contributed by atoms with Gasteiger partial charge in [-0.05, 0) is 13.8 Å². The third-order valence-electron chi connectivity index (χ3n) is 2.58. The summed E-state index contributed by atoms with van der Waals surface area (Å²) in [7, 11) is 0. The highest BCUT2D eigenvalue weighted by Crippen LogP contribution is 2.20. The van der Waals surface area contributed by atoms with E-state index in [-0.39, 0.29) is 12.1 Å². The van der Waals surface area contributed by atoms with Crippen molar-refractivity contribution in [3.05, 3.63) is 36.2 Å². The first-order chi connectivity index (χ1) is 7.20. The standard InChI is InChI=1S/C10H15N5/c1-7(11)10-5-12-6-15(10)8(2)9-3-13-14-4-9/h3-8H,11H2,1-2H3,(H,13,14). The van der Waals surface area contributed by atoms with Crippen LogP contribution in [0, 0.1) is 0 Å². The third kappa shape index (κ3) is 1.78. The van der Waals surface area contributed by atoms with Crippen molar-refractivity contribution in [1.82, 2.24) is 19.7 Å². The number of H-pyrrole nitrogens is 1. The van der Waals surface area contributed by atoms with Gasteiger partial charge in [0.15, 0.2) is 0 Å². The second kappa shape index (κ2) is 3.86. The summed E-state index contributed by atoms with van der Waals surface area (Å²) in [5.41, 5.74) is 8.02. The summed E-state index contributed by atoms with van der Waals surface area (Å²) >= 11 is 0. The summed E-state index contributed by atoms with van der Waals surface area (Å²) in [4.78, 5) is 4.13.